The predicted molar refractivity (Wildman–Crippen MR) is 178 cm³/mol. The molecule has 272 valence electrons. The fourth-order valence-electron chi connectivity index (χ4n) is 5.70. The van der Waals surface area contributed by atoms with E-state index in [9.17, 15) is 0 Å². The van der Waals surface area contributed by atoms with Gasteiger partial charge in [0.15, 0.2) is 0 Å². The highest BCUT2D eigenvalue weighted by atomic mass is 35.5. The topological polar surface area (TPSA) is 0 Å². The Hall–Kier alpha value is -3.84. The first kappa shape index (κ1) is 39.4. The van der Waals surface area contributed by atoms with Crippen LogP contribution in [0, 0.1) is 0 Å². The summed E-state index contributed by atoms with van der Waals surface area (Å²) < 4.78 is 184. The summed E-state index contributed by atoms with van der Waals surface area (Å²) in [5.41, 5.74) is -19.5. The largest absolute Gasteiger partial charge is 0.417 e. The molecule has 1 saturated carbocycles. The lowest BCUT2D eigenvalue weighted by Gasteiger charge is -2.40. The van der Waals surface area contributed by atoms with Gasteiger partial charge in [-0.3, -0.25) is 0 Å². The first-order valence-corrected chi connectivity index (χ1v) is 15.8. The molecule has 0 bridgehead atoms. The van der Waals surface area contributed by atoms with E-state index in [1.807, 2.05) is 0 Å². The molecule has 0 N–H and O–H groups in total. The van der Waals surface area contributed by atoms with E-state index in [1.165, 1.54) is 0 Å². The lowest BCUT2D eigenvalue weighted by atomic mass is 9.63. The van der Waals surface area contributed by atoms with Crippen LogP contribution in [0.2, 0.25) is 20.1 Å². The molecule has 0 heterocycles. The van der Waals surface area contributed by atoms with E-state index in [2.05, 4.69) is 0 Å². The van der Waals surface area contributed by atoms with Crippen LogP contribution in [0.1, 0.15) is 22.3 Å². The van der Waals surface area contributed by atoms with Gasteiger partial charge in [0.05, 0.1) is 22.3 Å². The minimum atomic E-state index is -5.77. The Labute approximate surface area is 306 Å². The Morgan fingerprint density at radius 3 is 0.519 bits per heavy atom. The normalized spacial score (nSPS) is 14.0. The number of rotatable bonds is 4. The van der Waals surface area contributed by atoms with Crippen molar-refractivity contribution in [3.63, 3.8) is 0 Å². The SMILES string of the molecule is FC(F)(F)C(=C1C(=C(c2ccc(Cl)cc2)C(F)(F)F)C(=C(c2ccc(Cl)cc2)C(F)(F)F)C1=C(c1ccc(Cl)cc1)C(F)(F)F)c1ccc(Cl)cc1. The summed E-state index contributed by atoms with van der Waals surface area (Å²) in [6.07, 6.45) is -23.1. The molecule has 0 amide bonds. The summed E-state index contributed by atoms with van der Waals surface area (Å²) >= 11 is 23.4. The number of hydrogen-bond donors (Lipinski definition) is 0. The van der Waals surface area contributed by atoms with E-state index in [4.69, 9.17) is 46.4 Å². The van der Waals surface area contributed by atoms with Gasteiger partial charge >= 0.3 is 24.7 Å². The van der Waals surface area contributed by atoms with E-state index >= 15 is 52.7 Å². The zero-order valence-electron chi connectivity index (χ0n) is 25.3. The van der Waals surface area contributed by atoms with Crippen molar-refractivity contribution < 1.29 is 52.7 Å². The van der Waals surface area contributed by atoms with Gasteiger partial charge in [0.2, 0.25) is 0 Å². The second kappa shape index (κ2) is 14.2. The van der Waals surface area contributed by atoms with Crippen molar-refractivity contribution in [1.82, 2.24) is 0 Å². The third-order valence-electron chi connectivity index (χ3n) is 7.67. The highest BCUT2D eigenvalue weighted by Crippen LogP contribution is 2.63. The third-order valence-corrected chi connectivity index (χ3v) is 8.67. The van der Waals surface area contributed by atoms with Crippen molar-refractivity contribution in [2.75, 3.05) is 0 Å². The monoisotopic (exact) mass is 816 g/mol. The Morgan fingerprint density at radius 2 is 0.404 bits per heavy atom. The molecule has 0 aromatic heterocycles. The van der Waals surface area contributed by atoms with Gasteiger partial charge in [0.25, 0.3) is 0 Å². The lowest BCUT2D eigenvalue weighted by Crippen LogP contribution is -2.32. The Bertz CT molecular complexity index is 1790. The van der Waals surface area contributed by atoms with Gasteiger partial charge in [0.1, 0.15) is 0 Å². The van der Waals surface area contributed by atoms with E-state index in [1.54, 1.807) is 0 Å². The van der Waals surface area contributed by atoms with Crippen LogP contribution in [0.4, 0.5) is 52.7 Å². The summed E-state index contributed by atoms with van der Waals surface area (Å²) in [6, 6.07) is 12.4. The summed E-state index contributed by atoms with van der Waals surface area (Å²) in [6.45, 7) is 0. The van der Waals surface area contributed by atoms with E-state index in [0.29, 0.717) is 48.5 Å². The Kier molecular flexibility index (Phi) is 10.7. The van der Waals surface area contributed by atoms with Crippen LogP contribution >= 0.6 is 46.4 Å². The molecule has 0 nitrogen and oxygen atoms in total. The molecule has 0 saturated heterocycles. The second-order valence-electron chi connectivity index (χ2n) is 11.0. The number of benzene rings is 4. The minimum absolute atomic E-state index is 0.160. The van der Waals surface area contributed by atoms with E-state index in [0.717, 1.165) is 48.5 Å². The molecule has 52 heavy (non-hydrogen) atoms. The molecule has 4 aromatic carbocycles. The number of alkyl halides is 12. The van der Waals surface area contributed by atoms with Gasteiger partial charge in [0, 0.05) is 42.4 Å². The van der Waals surface area contributed by atoms with Crippen LogP contribution in [0.3, 0.4) is 0 Å². The highest BCUT2D eigenvalue weighted by molar-refractivity contribution is 6.31. The zero-order chi connectivity index (χ0) is 38.6. The minimum Gasteiger partial charge on any atom is -0.166 e. The van der Waals surface area contributed by atoms with Crippen LogP contribution in [0.5, 0.6) is 0 Å². The average Bonchev–Trinajstić information content (AvgIpc) is 3.01. The highest BCUT2D eigenvalue weighted by Gasteiger charge is 2.56. The molecule has 1 fully saturated rings. The van der Waals surface area contributed by atoms with Gasteiger partial charge in [-0.05, 0) is 70.8 Å². The Morgan fingerprint density at radius 1 is 0.269 bits per heavy atom. The van der Waals surface area contributed by atoms with Crippen molar-refractivity contribution in [2.45, 2.75) is 24.7 Å². The van der Waals surface area contributed by atoms with Gasteiger partial charge in [-0.2, -0.15) is 52.7 Å². The molecule has 0 unspecified atom stereocenters. The van der Waals surface area contributed by atoms with Crippen molar-refractivity contribution in [3.05, 3.63) is 162 Å². The molecular weight excluding hydrogens is 802 g/mol. The van der Waals surface area contributed by atoms with Crippen molar-refractivity contribution in [2.24, 2.45) is 0 Å². The first-order valence-electron chi connectivity index (χ1n) is 14.3. The van der Waals surface area contributed by atoms with Crippen LogP contribution in [-0.2, 0) is 0 Å². The number of hydrogen-bond acceptors (Lipinski definition) is 0. The van der Waals surface area contributed by atoms with Gasteiger partial charge in [-0.15, -0.1) is 0 Å². The molecule has 0 atom stereocenters. The van der Waals surface area contributed by atoms with Crippen molar-refractivity contribution in [3.8, 4) is 0 Å². The molecule has 0 aliphatic heterocycles. The molecular formula is C36H16Cl4F12. The zero-order valence-corrected chi connectivity index (χ0v) is 28.3. The van der Waals surface area contributed by atoms with Crippen LogP contribution < -0.4 is 0 Å². The summed E-state index contributed by atoms with van der Waals surface area (Å²) in [5.74, 6) is 0. The fourth-order valence-corrected chi connectivity index (χ4v) is 6.21. The lowest BCUT2D eigenvalue weighted by molar-refractivity contribution is -0.0732. The van der Waals surface area contributed by atoms with Gasteiger partial charge in [-0.25, -0.2) is 0 Å². The smallest absolute Gasteiger partial charge is 0.166 e. The molecule has 1 aliphatic rings. The maximum absolute atomic E-state index is 15.3. The summed E-state index contributed by atoms with van der Waals surface area (Å²) in [4.78, 5) is 0. The van der Waals surface area contributed by atoms with Gasteiger partial charge in [-0.1, -0.05) is 94.9 Å². The first-order chi connectivity index (χ1) is 24.0. The summed E-state index contributed by atoms with van der Waals surface area (Å²) in [7, 11) is 0. The van der Waals surface area contributed by atoms with Crippen LogP contribution in [0.25, 0.3) is 22.3 Å². The quantitative estimate of drug-likeness (QED) is 0.180. The second-order valence-corrected chi connectivity index (χ2v) is 12.8. The van der Waals surface area contributed by atoms with Crippen LogP contribution in [0.15, 0.2) is 119 Å². The molecule has 4 aromatic rings. The number of halogens is 16. The standard InChI is InChI=1S/C36H16Cl4F12/c37-21-9-1-17(2-10-21)29(33(41,42)43)25-26(30(34(44,45)46)18-3-11-22(38)12-4-18)28(32(36(50,51)52)20-7-15-24(40)16-8-20)27(25)31(35(47,48)49)19-5-13-23(39)14-6-19/h1-16H. The maximum Gasteiger partial charge on any atom is 0.417 e. The predicted octanol–water partition coefficient (Wildman–Crippen LogP) is 14.7. The summed E-state index contributed by atoms with van der Waals surface area (Å²) in [5, 5.41) is -0.639. The van der Waals surface area contributed by atoms with Gasteiger partial charge < -0.3 is 0 Å². The maximum atomic E-state index is 15.3. The van der Waals surface area contributed by atoms with Crippen LogP contribution in [-0.4, -0.2) is 24.7 Å². The van der Waals surface area contributed by atoms with E-state index < -0.39 is 91.5 Å². The third kappa shape index (κ3) is 8.05. The fraction of sp³-hybridized carbons (Fsp3) is 0.111. The van der Waals surface area contributed by atoms with E-state index in [-0.39, 0.29) is 20.1 Å². The van der Waals surface area contributed by atoms with Crippen molar-refractivity contribution >= 4 is 68.7 Å². The Balaban J connectivity index is 2.22. The molecule has 1 aliphatic carbocycles. The average molecular weight is 818 g/mol. The molecule has 0 spiro atoms. The van der Waals surface area contributed by atoms with Crippen molar-refractivity contribution in [1.29, 1.82) is 0 Å². The molecule has 0 radical (unpaired) electrons. The molecule has 16 heteroatoms. The molecule has 5 rings (SSSR count). The number of allylic oxidation sites excluding steroid dienone is 8.